The molecule has 2 fully saturated rings. The molecule has 0 aromatic heterocycles. The number of nitrogens with zero attached hydrogens (tertiary/aromatic N) is 1. The van der Waals surface area contributed by atoms with Crippen LogP contribution >= 0.6 is 0 Å². The number of amides is 1. The SMILES string of the molecule is O=C1N(CCO)CCC1(c1ccccc1)c1ccccc1.O=C1OCCC1(c1ccccc1)c1ccccc1. The highest BCUT2D eigenvalue weighted by Gasteiger charge is 2.49. The number of likely N-dealkylation sites (tertiary alicyclic amines) is 1. The number of aliphatic hydroxyl groups is 1. The maximum Gasteiger partial charge on any atom is 0.321 e. The second-order valence-corrected chi connectivity index (χ2v) is 9.93. The van der Waals surface area contributed by atoms with Crippen molar-refractivity contribution in [2.45, 2.75) is 23.7 Å². The molecule has 0 aliphatic carbocycles. The number of carbonyl (C=O) groups is 2. The molecule has 4 aromatic rings. The number of esters is 1. The third-order valence-electron chi connectivity index (χ3n) is 7.90. The van der Waals surface area contributed by atoms with Crippen LogP contribution in [0.25, 0.3) is 0 Å². The number of hydrogen-bond donors (Lipinski definition) is 1. The number of aliphatic hydroxyl groups excluding tert-OH is 1. The van der Waals surface area contributed by atoms with E-state index in [1.165, 1.54) is 0 Å². The molecule has 0 unspecified atom stereocenters. The predicted molar refractivity (Wildman–Crippen MR) is 151 cm³/mol. The molecular weight excluding hydrogens is 486 g/mol. The highest BCUT2D eigenvalue weighted by molar-refractivity contribution is 5.94. The maximum absolute atomic E-state index is 13.0. The molecule has 2 aliphatic heterocycles. The number of benzene rings is 4. The Morgan fingerprint density at radius 2 is 1.03 bits per heavy atom. The fourth-order valence-electron chi connectivity index (χ4n) is 5.92. The third kappa shape index (κ3) is 4.86. The van der Waals surface area contributed by atoms with Crippen molar-refractivity contribution in [2.75, 3.05) is 26.3 Å². The van der Waals surface area contributed by atoms with Crippen LogP contribution in [0.5, 0.6) is 0 Å². The Hall–Kier alpha value is -4.22. The molecule has 5 nitrogen and oxygen atoms in total. The summed E-state index contributed by atoms with van der Waals surface area (Å²) in [6.45, 7) is 1.58. The fraction of sp³-hybridized carbons (Fsp3) is 0.235. The molecule has 2 aliphatic rings. The van der Waals surface area contributed by atoms with E-state index in [4.69, 9.17) is 9.84 Å². The molecule has 2 heterocycles. The Morgan fingerprint density at radius 3 is 1.38 bits per heavy atom. The van der Waals surface area contributed by atoms with Crippen LogP contribution in [0.3, 0.4) is 0 Å². The van der Waals surface area contributed by atoms with E-state index >= 15 is 0 Å². The number of β-amino-alcohol motifs (C(OH)–C–C–N with tert-alkyl or cyclic N) is 1. The smallest absolute Gasteiger partial charge is 0.321 e. The molecule has 198 valence electrons. The van der Waals surface area contributed by atoms with Crippen molar-refractivity contribution in [3.05, 3.63) is 144 Å². The van der Waals surface area contributed by atoms with Crippen LogP contribution in [-0.2, 0) is 25.2 Å². The van der Waals surface area contributed by atoms with Gasteiger partial charge in [-0.3, -0.25) is 9.59 Å². The first kappa shape index (κ1) is 26.4. The zero-order valence-electron chi connectivity index (χ0n) is 21.9. The van der Waals surface area contributed by atoms with E-state index in [1.54, 1.807) is 4.90 Å². The van der Waals surface area contributed by atoms with Crippen molar-refractivity contribution in [3.63, 3.8) is 0 Å². The lowest BCUT2D eigenvalue weighted by molar-refractivity contribution is -0.141. The lowest BCUT2D eigenvalue weighted by Crippen LogP contribution is -2.39. The standard InChI is InChI=1S/C18H19NO2.C16H14O2/c20-14-13-19-12-11-18(17(19)21,15-7-3-1-4-8-15)16-9-5-2-6-10-16;17-15-16(11-12-18-15,13-7-3-1-4-8-13)14-9-5-2-6-10-14/h1-10,20H,11-14H2;1-10H,11-12H2. The lowest BCUT2D eigenvalue weighted by atomic mass is 9.73. The minimum atomic E-state index is -0.622. The van der Waals surface area contributed by atoms with Gasteiger partial charge in [0.2, 0.25) is 5.91 Å². The van der Waals surface area contributed by atoms with Crippen molar-refractivity contribution in [3.8, 4) is 0 Å². The van der Waals surface area contributed by atoms with Crippen molar-refractivity contribution < 1.29 is 19.4 Å². The van der Waals surface area contributed by atoms with Gasteiger partial charge in [0.25, 0.3) is 0 Å². The van der Waals surface area contributed by atoms with Crippen LogP contribution in [0.2, 0.25) is 0 Å². The van der Waals surface area contributed by atoms with Crippen molar-refractivity contribution in [2.24, 2.45) is 0 Å². The molecule has 0 atom stereocenters. The molecule has 0 saturated carbocycles. The number of carbonyl (C=O) groups excluding carboxylic acids is 2. The van der Waals surface area contributed by atoms with Gasteiger partial charge in [-0.1, -0.05) is 121 Å². The van der Waals surface area contributed by atoms with Gasteiger partial charge < -0.3 is 14.7 Å². The topological polar surface area (TPSA) is 66.8 Å². The summed E-state index contributed by atoms with van der Waals surface area (Å²) >= 11 is 0. The number of rotatable bonds is 6. The first-order chi connectivity index (χ1) is 19.1. The monoisotopic (exact) mass is 519 g/mol. The summed E-state index contributed by atoms with van der Waals surface area (Å²) in [5.41, 5.74) is 2.85. The van der Waals surface area contributed by atoms with Gasteiger partial charge in [-0.15, -0.1) is 0 Å². The van der Waals surface area contributed by atoms with E-state index in [-0.39, 0.29) is 18.5 Å². The Kier molecular flexibility index (Phi) is 7.89. The summed E-state index contributed by atoms with van der Waals surface area (Å²) in [6.07, 6.45) is 1.46. The molecule has 0 radical (unpaired) electrons. The van der Waals surface area contributed by atoms with Crippen molar-refractivity contribution in [1.82, 2.24) is 4.90 Å². The zero-order chi connectivity index (χ0) is 27.1. The quantitative estimate of drug-likeness (QED) is 0.359. The fourth-order valence-corrected chi connectivity index (χ4v) is 5.92. The summed E-state index contributed by atoms with van der Waals surface area (Å²) < 4.78 is 5.24. The summed E-state index contributed by atoms with van der Waals surface area (Å²) in [7, 11) is 0. The van der Waals surface area contributed by atoms with Gasteiger partial charge in [0, 0.05) is 19.5 Å². The molecule has 39 heavy (non-hydrogen) atoms. The summed E-state index contributed by atoms with van der Waals surface area (Å²) in [5.74, 6) is -0.0474. The Morgan fingerprint density at radius 1 is 0.615 bits per heavy atom. The molecule has 1 N–H and O–H groups in total. The minimum Gasteiger partial charge on any atom is -0.465 e. The predicted octanol–water partition coefficient (Wildman–Crippen LogP) is 5.12. The number of hydrogen-bond acceptors (Lipinski definition) is 4. The minimum absolute atomic E-state index is 0.00536. The number of ether oxygens (including phenoxy) is 1. The Bertz CT molecular complexity index is 1300. The van der Waals surface area contributed by atoms with Crippen LogP contribution in [-0.4, -0.2) is 48.2 Å². The zero-order valence-corrected chi connectivity index (χ0v) is 21.9. The molecule has 0 bridgehead atoms. The van der Waals surface area contributed by atoms with E-state index in [0.717, 1.165) is 28.7 Å². The second kappa shape index (κ2) is 11.7. The van der Waals surface area contributed by atoms with Crippen LogP contribution in [0.4, 0.5) is 0 Å². The molecule has 5 heteroatoms. The van der Waals surface area contributed by atoms with Gasteiger partial charge in [0.15, 0.2) is 0 Å². The molecule has 1 amide bonds. The average Bonchev–Trinajstić information content (AvgIpc) is 3.56. The summed E-state index contributed by atoms with van der Waals surface area (Å²) in [6, 6.07) is 39.7. The molecule has 6 rings (SSSR count). The summed E-state index contributed by atoms with van der Waals surface area (Å²) in [5, 5.41) is 9.16. The van der Waals surface area contributed by atoms with Gasteiger partial charge >= 0.3 is 5.97 Å². The van der Waals surface area contributed by atoms with E-state index < -0.39 is 10.8 Å². The molecular formula is C34H33NO4. The highest BCUT2D eigenvalue weighted by Crippen LogP contribution is 2.42. The Balaban J connectivity index is 0.000000160. The van der Waals surface area contributed by atoms with Gasteiger partial charge in [-0.05, 0) is 28.7 Å². The first-order valence-electron chi connectivity index (χ1n) is 13.4. The van der Waals surface area contributed by atoms with Crippen LogP contribution < -0.4 is 0 Å². The van der Waals surface area contributed by atoms with Crippen LogP contribution in [0.1, 0.15) is 35.1 Å². The van der Waals surface area contributed by atoms with Gasteiger partial charge in [0.1, 0.15) is 10.8 Å². The van der Waals surface area contributed by atoms with E-state index in [2.05, 4.69) is 0 Å². The van der Waals surface area contributed by atoms with E-state index in [9.17, 15) is 9.59 Å². The number of cyclic esters (lactones) is 1. The normalized spacial score (nSPS) is 17.3. The third-order valence-corrected chi connectivity index (χ3v) is 7.90. The maximum atomic E-state index is 13.0. The molecule has 2 saturated heterocycles. The van der Waals surface area contributed by atoms with Crippen molar-refractivity contribution in [1.29, 1.82) is 0 Å². The van der Waals surface area contributed by atoms with Crippen molar-refractivity contribution >= 4 is 11.9 Å². The largest absolute Gasteiger partial charge is 0.465 e. The summed E-state index contributed by atoms with van der Waals surface area (Å²) in [4.78, 5) is 27.1. The van der Waals surface area contributed by atoms with Gasteiger partial charge in [-0.2, -0.15) is 0 Å². The Labute approximate surface area is 229 Å². The second-order valence-electron chi connectivity index (χ2n) is 9.93. The van der Waals surface area contributed by atoms with Gasteiger partial charge in [-0.25, -0.2) is 0 Å². The molecule has 0 spiro atoms. The van der Waals surface area contributed by atoms with E-state index in [0.29, 0.717) is 26.1 Å². The van der Waals surface area contributed by atoms with Crippen LogP contribution in [0, 0.1) is 0 Å². The van der Waals surface area contributed by atoms with E-state index in [1.807, 2.05) is 121 Å². The lowest BCUT2D eigenvalue weighted by Gasteiger charge is -2.29. The average molecular weight is 520 g/mol. The first-order valence-corrected chi connectivity index (χ1v) is 13.4. The van der Waals surface area contributed by atoms with Crippen LogP contribution in [0.15, 0.2) is 121 Å². The molecule has 4 aromatic carbocycles. The highest BCUT2D eigenvalue weighted by atomic mass is 16.5. The van der Waals surface area contributed by atoms with Gasteiger partial charge in [0.05, 0.1) is 13.2 Å².